The highest BCUT2D eigenvalue weighted by atomic mass is 16.3. The van der Waals surface area contributed by atoms with Crippen LogP contribution in [0.25, 0.3) is 11.0 Å². The van der Waals surface area contributed by atoms with Crippen LogP contribution in [0, 0.1) is 0 Å². The van der Waals surface area contributed by atoms with Crippen LogP contribution in [0.5, 0.6) is 0 Å². The standard InChI is InChI=1S/C21H29NO2/c1-4-6-8-9-10-16-12-13-20-18(14-16)19(15-24-20)17(11-7-5-2)21(23)22-3/h5,12-15,17H,2,4,6-11H2,1,3H3,(H,22,23). The first kappa shape index (κ1) is 18.3. The Bertz CT molecular complexity index is 672. The summed E-state index contributed by atoms with van der Waals surface area (Å²) in [6, 6.07) is 6.37. The van der Waals surface area contributed by atoms with Gasteiger partial charge in [-0.25, -0.2) is 0 Å². The van der Waals surface area contributed by atoms with E-state index in [0.29, 0.717) is 0 Å². The molecule has 1 N–H and O–H groups in total. The van der Waals surface area contributed by atoms with Crippen LogP contribution in [0.1, 0.15) is 62.5 Å². The summed E-state index contributed by atoms with van der Waals surface area (Å²) in [7, 11) is 1.69. The van der Waals surface area contributed by atoms with Crippen molar-refractivity contribution >= 4 is 16.9 Å². The van der Waals surface area contributed by atoms with Gasteiger partial charge in [0.15, 0.2) is 0 Å². The molecule has 0 aliphatic rings. The molecule has 130 valence electrons. The normalized spacial score (nSPS) is 12.2. The minimum atomic E-state index is -0.190. The summed E-state index contributed by atoms with van der Waals surface area (Å²) in [6.07, 6.45) is 11.3. The minimum absolute atomic E-state index is 0.0351. The lowest BCUT2D eigenvalue weighted by atomic mass is 9.92. The highest BCUT2D eigenvalue weighted by Crippen LogP contribution is 2.32. The third kappa shape index (κ3) is 4.50. The molecule has 3 heteroatoms. The number of likely N-dealkylation sites (N-methyl/N-ethyl adjacent to an activating group) is 1. The molecular weight excluding hydrogens is 298 g/mol. The van der Waals surface area contributed by atoms with Crippen molar-refractivity contribution in [1.29, 1.82) is 0 Å². The second kappa shape index (κ2) is 9.31. The molecule has 0 saturated carbocycles. The van der Waals surface area contributed by atoms with Gasteiger partial charge in [0.05, 0.1) is 12.2 Å². The Morgan fingerprint density at radius 2 is 2.17 bits per heavy atom. The number of aryl methyl sites for hydroxylation is 1. The fourth-order valence-corrected chi connectivity index (χ4v) is 3.16. The van der Waals surface area contributed by atoms with E-state index >= 15 is 0 Å². The van der Waals surface area contributed by atoms with Crippen molar-refractivity contribution in [2.75, 3.05) is 7.05 Å². The van der Waals surface area contributed by atoms with Crippen LogP contribution >= 0.6 is 0 Å². The molecule has 0 saturated heterocycles. The fourth-order valence-electron chi connectivity index (χ4n) is 3.16. The Hall–Kier alpha value is -2.03. The van der Waals surface area contributed by atoms with Crippen molar-refractivity contribution in [2.24, 2.45) is 0 Å². The number of carbonyl (C=O) groups excluding carboxylic acids is 1. The van der Waals surface area contributed by atoms with E-state index in [1.165, 1.54) is 31.2 Å². The number of unbranched alkanes of at least 4 members (excludes halogenated alkanes) is 3. The molecule has 1 heterocycles. The Kier molecular flexibility index (Phi) is 7.10. The molecular formula is C21H29NO2. The maximum atomic E-state index is 12.3. The summed E-state index contributed by atoms with van der Waals surface area (Å²) in [5.41, 5.74) is 3.16. The van der Waals surface area contributed by atoms with Crippen LogP contribution in [0.4, 0.5) is 0 Å². The zero-order chi connectivity index (χ0) is 17.4. The molecule has 2 rings (SSSR count). The van der Waals surface area contributed by atoms with Gasteiger partial charge in [-0.3, -0.25) is 4.79 Å². The van der Waals surface area contributed by atoms with Crippen LogP contribution in [0.3, 0.4) is 0 Å². The van der Waals surface area contributed by atoms with Crippen molar-refractivity contribution in [3.05, 3.63) is 48.2 Å². The zero-order valence-corrected chi connectivity index (χ0v) is 14.9. The number of allylic oxidation sites excluding steroid dienone is 1. The highest BCUT2D eigenvalue weighted by Gasteiger charge is 2.23. The van der Waals surface area contributed by atoms with Gasteiger partial charge in [0.1, 0.15) is 5.58 Å². The molecule has 0 spiro atoms. The molecule has 3 nitrogen and oxygen atoms in total. The first-order chi connectivity index (χ1) is 11.7. The van der Waals surface area contributed by atoms with E-state index < -0.39 is 0 Å². The molecule has 0 fully saturated rings. The van der Waals surface area contributed by atoms with E-state index in [-0.39, 0.29) is 11.8 Å². The van der Waals surface area contributed by atoms with Crippen LogP contribution in [0.15, 0.2) is 41.5 Å². The van der Waals surface area contributed by atoms with E-state index in [1.54, 1.807) is 13.3 Å². The summed E-state index contributed by atoms with van der Waals surface area (Å²) >= 11 is 0. The lowest BCUT2D eigenvalue weighted by Crippen LogP contribution is -2.25. The van der Waals surface area contributed by atoms with Crippen molar-refractivity contribution in [3.8, 4) is 0 Å². The molecule has 24 heavy (non-hydrogen) atoms. The third-order valence-corrected chi connectivity index (χ3v) is 4.58. The summed E-state index contributed by atoms with van der Waals surface area (Å²) in [6.45, 7) is 6.00. The van der Waals surface area contributed by atoms with Crippen molar-refractivity contribution in [3.63, 3.8) is 0 Å². The number of rotatable bonds is 10. The number of amides is 1. The molecule has 2 aromatic rings. The number of benzene rings is 1. The van der Waals surface area contributed by atoms with Gasteiger partial charge in [0, 0.05) is 18.0 Å². The Morgan fingerprint density at radius 3 is 2.88 bits per heavy atom. The number of hydrogen-bond acceptors (Lipinski definition) is 2. The lowest BCUT2D eigenvalue weighted by molar-refractivity contribution is -0.122. The Morgan fingerprint density at radius 1 is 1.33 bits per heavy atom. The smallest absolute Gasteiger partial charge is 0.227 e. The first-order valence-electron chi connectivity index (χ1n) is 9.03. The van der Waals surface area contributed by atoms with Crippen LogP contribution < -0.4 is 5.32 Å². The molecule has 1 unspecified atom stereocenters. The van der Waals surface area contributed by atoms with Crippen LogP contribution in [-0.4, -0.2) is 13.0 Å². The maximum absolute atomic E-state index is 12.3. The van der Waals surface area contributed by atoms with Gasteiger partial charge in [-0.2, -0.15) is 0 Å². The number of fused-ring (bicyclic) bond motifs is 1. The van der Waals surface area contributed by atoms with Gasteiger partial charge < -0.3 is 9.73 Å². The third-order valence-electron chi connectivity index (χ3n) is 4.58. The monoisotopic (exact) mass is 327 g/mol. The molecule has 1 amide bonds. The molecule has 0 bridgehead atoms. The molecule has 0 radical (unpaired) electrons. The molecule has 1 atom stereocenters. The summed E-state index contributed by atoms with van der Waals surface area (Å²) in [4.78, 5) is 12.3. The highest BCUT2D eigenvalue weighted by molar-refractivity contribution is 5.91. The molecule has 1 aromatic heterocycles. The molecule has 0 aliphatic carbocycles. The van der Waals surface area contributed by atoms with Gasteiger partial charge >= 0.3 is 0 Å². The number of nitrogens with one attached hydrogen (secondary N) is 1. The van der Waals surface area contributed by atoms with Gasteiger partial charge in [-0.05, 0) is 43.4 Å². The van der Waals surface area contributed by atoms with E-state index in [1.807, 2.05) is 12.1 Å². The van der Waals surface area contributed by atoms with Crippen molar-refractivity contribution < 1.29 is 9.21 Å². The van der Waals surface area contributed by atoms with Crippen molar-refractivity contribution in [1.82, 2.24) is 5.32 Å². The quantitative estimate of drug-likeness (QED) is 0.472. The Balaban J connectivity index is 2.24. The summed E-state index contributed by atoms with van der Waals surface area (Å²) < 4.78 is 5.70. The average molecular weight is 327 g/mol. The molecule has 1 aromatic carbocycles. The fraction of sp³-hybridized carbons (Fsp3) is 0.476. The SMILES string of the molecule is C=CCCC(C(=O)NC)c1coc2ccc(CCCCCC)cc12. The second-order valence-corrected chi connectivity index (χ2v) is 6.37. The number of furan rings is 1. The zero-order valence-electron chi connectivity index (χ0n) is 14.9. The average Bonchev–Trinajstić information content (AvgIpc) is 3.02. The van der Waals surface area contributed by atoms with Gasteiger partial charge in [-0.1, -0.05) is 38.3 Å². The second-order valence-electron chi connectivity index (χ2n) is 6.37. The van der Waals surface area contributed by atoms with Gasteiger partial charge in [0.25, 0.3) is 0 Å². The largest absolute Gasteiger partial charge is 0.464 e. The van der Waals surface area contributed by atoms with Gasteiger partial charge in [-0.15, -0.1) is 6.58 Å². The summed E-state index contributed by atoms with van der Waals surface area (Å²) in [5.74, 6) is -0.155. The lowest BCUT2D eigenvalue weighted by Gasteiger charge is -2.13. The predicted molar refractivity (Wildman–Crippen MR) is 100 cm³/mol. The van der Waals surface area contributed by atoms with E-state index in [0.717, 1.165) is 35.8 Å². The van der Waals surface area contributed by atoms with E-state index in [2.05, 4.69) is 31.0 Å². The number of carbonyl (C=O) groups is 1. The van der Waals surface area contributed by atoms with Crippen LogP contribution in [-0.2, 0) is 11.2 Å². The van der Waals surface area contributed by atoms with Gasteiger partial charge in [0.2, 0.25) is 5.91 Å². The minimum Gasteiger partial charge on any atom is -0.464 e. The maximum Gasteiger partial charge on any atom is 0.227 e. The Labute approximate surface area is 145 Å². The number of hydrogen-bond donors (Lipinski definition) is 1. The predicted octanol–water partition coefficient (Wildman–Crippen LogP) is 5.35. The summed E-state index contributed by atoms with van der Waals surface area (Å²) in [5, 5.41) is 3.85. The van der Waals surface area contributed by atoms with Crippen LogP contribution in [0.2, 0.25) is 0 Å². The first-order valence-corrected chi connectivity index (χ1v) is 9.03. The molecule has 0 aliphatic heterocycles. The van der Waals surface area contributed by atoms with E-state index in [4.69, 9.17) is 4.42 Å². The topological polar surface area (TPSA) is 42.2 Å². The van der Waals surface area contributed by atoms with E-state index in [9.17, 15) is 4.79 Å². The van der Waals surface area contributed by atoms with Crippen molar-refractivity contribution in [2.45, 2.75) is 57.8 Å².